The highest BCUT2D eigenvalue weighted by atomic mass is 16.1. The first-order chi connectivity index (χ1) is 13.2. The first kappa shape index (κ1) is 16.8. The van der Waals surface area contributed by atoms with Gasteiger partial charge in [0.1, 0.15) is 0 Å². The van der Waals surface area contributed by atoms with E-state index in [9.17, 15) is 4.79 Å². The summed E-state index contributed by atoms with van der Waals surface area (Å²) in [6, 6.07) is 15.2. The molecule has 0 saturated carbocycles. The number of nitrogens with zero attached hydrogens (tertiary/aromatic N) is 3. The highest BCUT2D eigenvalue weighted by Gasteiger charge is 2.10. The normalized spacial score (nSPS) is 10.7. The molecule has 4 rings (SSSR count). The van der Waals surface area contributed by atoms with Gasteiger partial charge in [0.15, 0.2) is 0 Å². The lowest BCUT2D eigenvalue weighted by Crippen LogP contribution is -2.23. The molecule has 1 amide bonds. The molecule has 0 aliphatic rings. The summed E-state index contributed by atoms with van der Waals surface area (Å²) >= 11 is 0. The molecule has 0 spiro atoms. The number of nitrogens with one attached hydrogen (secondary N) is 1. The molecular weight excluding hydrogens is 336 g/mol. The van der Waals surface area contributed by atoms with Crippen molar-refractivity contribution in [1.82, 2.24) is 20.3 Å². The lowest BCUT2D eigenvalue weighted by Gasteiger charge is -2.10. The van der Waals surface area contributed by atoms with Crippen LogP contribution in [0.5, 0.6) is 0 Å². The summed E-state index contributed by atoms with van der Waals surface area (Å²) in [7, 11) is 0. The standard InChI is InChI=1S/C22H18N4O/c1-15-6-12-24-20-5-4-17(13-19(15)20)22(27)26-14-18-3-2-9-25-21(18)16-7-10-23-11-8-16/h2-13H,14H2,1H3,(H,26,27). The van der Waals surface area contributed by atoms with E-state index in [2.05, 4.69) is 20.3 Å². The Hall–Kier alpha value is -3.60. The molecule has 5 nitrogen and oxygen atoms in total. The molecule has 1 aromatic carbocycles. The van der Waals surface area contributed by atoms with Crippen LogP contribution >= 0.6 is 0 Å². The van der Waals surface area contributed by atoms with Gasteiger partial charge in [-0.3, -0.25) is 19.7 Å². The average molecular weight is 354 g/mol. The number of carbonyl (C=O) groups is 1. The van der Waals surface area contributed by atoms with Crippen molar-refractivity contribution in [3.8, 4) is 11.3 Å². The van der Waals surface area contributed by atoms with E-state index >= 15 is 0 Å². The number of aromatic nitrogens is 3. The molecule has 0 radical (unpaired) electrons. The molecule has 0 saturated heterocycles. The zero-order valence-electron chi connectivity index (χ0n) is 14.9. The first-order valence-corrected chi connectivity index (χ1v) is 8.70. The van der Waals surface area contributed by atoms with Crippen molar-refractivity contribution in [2.45, 2.75) is 13.5 Å². The molecule has 0 unspecified atom stereocenters. The van der Waals surface area contributed by atoms with Gasteiger partial charge in [-0.25, -0.2) is 0 Å². The molecule has 0 fully saturated rings. The van der Waals surface area contributed by atoms with Gasteiger partial charge < -0.3 is 5.32 Å². The molecule has 0 atom stereocenters. The second kappa shape index (κ2) is 7.33. The Bertz CT molecular complexity index is 1110. The zero-order valence-corrected chi connectivity index (χ0v) is 14.9. The van der Waals surface area contributed by atoms with Gasteiger partial charge in [-0.15, -0.1) is 0 Å². The van der Waals surface area contributed by atoms with Crippen LogP contribution in [0.15, 0.2) is 73.3 Å². The van der Waals surface area contributed by atoms with Crippen LogP contribution < -0.4 is 5.32 Å². The van der Waals surface area contributed by atoms with Gasteiger partial charge in [-0.1, -0.05) is 6.07 Å². The first-order valence-electron chi connectivity index (χ1n) is 8.70. The third kappa shape index (κ3) is 3.53. The monoisotopic (exact) mass is 354 g/mol. The number of aryl methyl sites for hydroxylation is 1. The maximum atomic E-state index is 12.7. The van der Waals surface area contributed by atoms with Crippen LogP contribution in [0.2, 0.25) is 0 Å². The summed E-state index contributed by atoms with van der Waals surface area (Å²) in [5, 5.41) is 3.98. The number of hydrogen-bond donors (Lipinski definition) is 1. The van der Waals surface area contributed by atoms with E-state index < -0.39 is 0 Å². The molecule has 132 valence electrons. The summed E-state index contributed by atoms with van der Waals surface area (Å²) in [5.74, 6) is -0.121. The van der Waals surface area contributed by atoms with E-state index in [1.807, 2.05) is 49.4 Å². The molecule has 27 heavy (non-hydrogen) atoms. The van der Waals surface area contributed by atoms with Gasteiger partial charge in [0, 0.05) is 47.8 Å². The zero-order chi connectivity index (χ0) is 18.6. The number of amides is 1. The van der Waals surface area contributed by atoms with E-state index in [-0.39, 0.29) is 5.91 Å². The maximum Gasteiger partial charge on any atom is 0.251 e. The lowest BCUT2D eigenvalue weighted by molar-refractivity contribution is 0.0951. The fourth-order valence-electron chi connectivity index (χ4n) is 3.05. The second-order valence-corrected chi connectivity index (χ2v) is 6.29. The van der Waals surface area contributed by atoms with E-state index in [1.54, 1.807) is 30.9 Å². The Morgan fingerprint density at radius 1 is 0.963 bits per heavy atom. The summed E-state index contributed by atoms with van der Waals surface area (Å²) in [6.07, 6.45) is 7.00. The van der Waals surface area contributed by atoms with Crippen molar-refractivity contribution < 1.29 is 4.79 Å². The Labute approximate surface area is 157 Å². The Kier molecular flexibility index (Phi) is 4.58. The topological polar surface area (TPSA) is 67.8 Å². The minimum atomic E-state index is -0.121. The van der Waals surface area contributed by atoms with Gasteiger partial charge in [-0.05, 0) is 60.5 Å². The third-order valence-electron chi connectivity index (χ3n) is 4.51. The molecule has 4 aromatic rings. The summed E-state index contributed by atoms with van der Waals surface area (Å²) < 4.78 is 0. The highest BCUT2D eigenvalue weighted by Crippen LogP contribution is 2.21. The molecule has 3 aromatic heterocycles. The summed E-state index contributed by atoms with van der Waals surface area (Å²) in [4.78, 5) is 25.5. The van der Waals surface area contributed by atoms with Gasteiger partial charge >= 0.3 is 0 Å². The van der Waals surface area contributed by atoms with Crippen LogP contribution in [0.1, 0.15) is 21.5 Å². The van der Waals surface area contributed by atoms with Gasteiger partial charge in [0.05, 0.1) is 11.2 Å². The molecule has 3 heterocycles. The SMILES string of the molecule is Cc1ccnc2ccc(C(=O)NCc3cccnc3-c3ccncc3)cc12. The Morgan fingerprint density at radius 3 is 2.67 bits per heavy atom. The van der Waals surface area contributed by atoms with E-state index in [0.717, 1.165) is 33.3 Å². The van der Waals surface area contributed by atoms with Gasteiger partial charge in [0.25, 0.3) is 5.91 Å². The fraction of sp³-hybridized carbons (Fsp3) is 0.0909. The van der Waals surface area contributed by atoms with E-state index in [0.29, 0.717) is 12.1 Å². The Balaban J connectivity index is 1.56. The van der Waals surface area contributed by atoms with Gasteiger partial charge in [-0.2, -0.15) is 0 Å². The molecule has 0 aliphatic heterocycles. The summed E-state index contributed by atoms with van der Waals surface area (Å²) in [6.45, 7) is 2.41. The minimum Gasteiger partial charge on any atom is -0.348 e. The predicted octanol–water partition coefficient (Wildman–Crippen LogP) is 3.93. The van der Waals surface area contributed by atoms with Crippen molar-refractivity contribution in [3.63, 3.8) is 0 Å². The third-order valence-corrected chi connectivity index (χ3v) is 4.51. The van der Waals surface area contributed by atoms with Crippen LogP contribution in [-0.4, -0.2) is 20.9 Å². The van der Waals surface area contributed by atoms with Crippen LogP contribution in [0.4, 0.5) is 0 Å². The van der Waals surface area contributed by atoms with Crippen molar-refractivity contribution >= 4 is 16.8 Å². The van der Waals surface area contributed by atoms with E-state index in [1.165, 1.54) is 0 Å². The molecule has 1 N–H and O–H groups in total. The van der Waals surface area contributed by atoms with Crippen molar-refractivity contribution in [1.29, 1.82) is 0 Å². The number of fused-ring (bicyclic) bond motifs is 1. The molecule has 5 heteroatoms. The molecule has 0 bridgehead atoms. The quantitative estimate of drug-likeness (QED) is 0.603. The molecular formula is C22H18N4O. The van der Waals surface area contributed by atoms with Crippen LogP contribution in [0.3, 0.4) is 0 Å². The minimum absolute atomic E-state index is 0.121. The number of rotatable bonds is 4. The number of carbonyl (C=O) groups excluding carboxylic acids is 1. The Morgan fingerprint density at radius 2 is 1.81 bits per heavy atom. The average Bonchev–Trinajstić information content (AvgIpc) is 2.73. The van der Waals surface area contributed by atoms with Gasteiger partial charge in [0.2, 0.25) is 0 Å². The van der Waals surface area contributed by atoms with Crippen molar-refractivity contribution in [2.75, 3.05) is 0 Å². The number of pyridine rings is 3. The predicted molar refractivity (Wildman–Crippen MR) is 105 cm³/mol. The number of hydrogen-bond acceptors (Lipinski definition) is 4. The smallest absolute Gasteiger partial charge is 0.251 e. The van der Waals surface area contributed by atoms with Crippen LogP contribution in [0.25, 0.3) is 22.2 Å². The van der Waals surface area contributed by atoms with Crippen molar-refractivity contribution in [2.24, 2.45) is 0 Å². The fourth-order valence-corrected chi connectivity index (χ4v) is 3.05. The lowest BCUT2D eigenvalue weighted by atomic mass is 10.1. The second-order valence-electron chi connectivity index (χ2n) is 6.29. The number of benzene rings is 1. The van der Waals surface area contributed by atoms with E-state index in [4.69, 9.17) is 0 Å². The largest absolute Gasteiger partial charge is 0.348 e. The molecule has 0 aliphatic carbocycles. The van der Waals surface area contributed by atoms with Crippen LogP contribution in [-0.2, 0) is 6.54 Å². The van der Waals surface area contributed by atoms with Crippen molar-refractivity contribution in [3.05, 3.63) is 90.0 Å². The summed E-state index contributed by atoms with van der Waals surface area (Å²) in [5.41, 5.74) is 5.38. The maximum absolute atomic E-state index is 12.7. The van der Waals surface area contributed by atoms with Crippen LogP contribution in [0, 0.1) is 6.92 Å². The highest BCUT2D eigenvalue weighted by molar-refractivity contribution is 5.98.